The monoisotopic (exact) mass is 286 g/mol. The third kappa shape index (κ3) is 3.03. The Hall–Kier alpha value is -2.81. The summed E-state index contributed by atoms with van der Waals surface area (Å²) in [6.45, 7) is 0.756. The maximum atomic E-state index is 11.1. The van der Waals surface area contributed by atoms with Crippen molar-refractivity contribution in [1.29, 1.82) is 0 Å². The summed E-state index contributed by atoms with van der Waals surface area (Å²) in [6.07, 6.45) is 7.22. The van der Waals surface area contributed by atoms with Crippen LogP contribution >= 0.6 is 0 Å². The average Bonchev–Trinajstić information content (AvgIpc) is 3.10. The highest BCUT2D eigenvalue weighted by Gasteiger charge is 2.06. The molecule has 0 aliphatic rings. The van der Waals surface area contributed by atoms with Gasteiger partial charge in [0, 0.05) is 18.6 Å². The van der Waals surface area contributed by atoms with Crippen LogP contribution in [0.5, 0.6) is 0 Å². The van der Waals surface area contributed by atoms with E-state index in [1.54, 1.807) is 17.1 Å². The highest BCUT2D eigenvalue weighted by Crippen LogP contribution is 2.04. The number of carbonyl (C=O) groups is 1. The first-order valence-electron chi connectivity index (χ1n) is 6.39. The molecule has 9 heteroatoms. The number of nitrogens with two attached hydrogens (primary N) is 1. The number of aromatic nitrogens is 6. The number of nitrogens with one attached hydrogen (secondary N) is 1. The van der Waals surface area contributed by atoms with Gasteiger partial charge in [0.1, 0.15) is 5.69 Å². The van der Waals surface area contributed by atoms with Gasteiger partial charge in [-0.05, 0) is 6.07 Å². The van der Waals surface area contributed by atoms with E-state index in [0.717, 1.165) is 5.69 Å². The zero-order chi connectivity index (χ0) is 14.7. The Bertz CT molecular complexity index is 728. The van der Waals surface area contributed by atoms with Crippen LogP contribution in [0, 0.1) is 0 Å². The number of hydrogen-bond donors (Lipinski definition) is 2. The van der Waals surface area contributed by atoms with E-state index in [1.165, 1.54) is 0 Å². The second kappa shape index (κ2) is 5.67. The van der Waals surface area contributed by atoms with Gasteiger partial charge in [-0.15, -0.1) is 5.10 Å². The summed E-state index contributed by atoms with van der Waals surface area (Å²) in [5, 5.41) is 10.6. The van der Waals surface area contributed by atoms with E-state index in [1.807, 2.05) is 22.9 Å². The molecule has 3 heterocycles. The fourth-order valence-corrected chi connectivity index (χ4v) is 1.88. The zero-order valence-electron chi connectivity index (χ0n) is 11.2. The van der Waals surface area contributed by atoms with Crippen molar-refractivity contribution in [3.05, 3.63) is 42.2 Å². The minimum Gasteiger partial charge on any atom is -0.349 e. The molecule has 0 aliphatic heterocycles. The highest BCUT2D eigenvalue weighted by molar-refractivity contribution is 5.77. The number of imidazole rings is 1. The molecule has 0 atom stereocenters. The summed E-state index contributed by atoms with van der Waals surface area (Å²) in [4.78, 5) is 19.6. The number of hydrogen-bond acceptors (Lipinski definition) is 6. The van der Waals surface area contributed by atoms with E-state index >= 15 is 0 Å². The van der Waals surface area contributed by atoms with Gasteiger partial charge in [-0.25, -0.2) is 14.6 Å². The molecule has 3 aromatic rings. The van der Waals surface area contributed by atoms with Crippen molar-refractivity contribution in [1.82, 2.24) is 34.7 Å². The minimum atomic E-state index is -0.226. The van der Waals surface area contributed by atoms with Crippen molar-refractivity contribution < 1.29 is 4.79 Å². The van der Waals surface area contributed by atoms with Crippen LogP contribution in [-0.2, 0) is 17.9 Å². The maximum Gasteiger partial charge on any atom is 0.234 e. The van der Waals surface area contributed by atoms with Crippen molar-refractivity contribution in [2.24, 2.45) is 5.73 Å². The van der Waals surface area contributed by atoms with Crippen molar-refractivity contribution in [3.8, 4) is 0 Å². The molecule has 0 bridgehead atoms. The molecular weight excluding hydrogens is 272 g/mol. The molecule has 0 unspecified atom stereocenters. The smallest absolute Gasteiger partial charge is 0.234 e. The fourth-order valence-electron chi connectivity index (χ4n) is 1.88. The molecule has 0 spiro atoms. The lowest BCUT2D eigenvalue weighted by atomic mass is 10.4. The van der Waals surface area contributed by atoms with Crippen molar-refractivity contribution in [2.75, 3.05) is 6.54 Å². The third-order valence-corrected chi connectivity index (χ3v) is 2.85. The highest BCUT2D eigenvalue weighted by atomic mass is 16.1. The predicted molar refractivity (Wildman–Crippen MR) is 73.0 cm³/mol. The second-order valence-corrected chi connectivity index (χ2v) is 4.45. The largest absolute Gasteiger partial charge is 0.349 e. The summed E-state index contributed by atoms with van der Waals surface area (Å²) in [5.41, 5.74) is 6.71. The van der Waals surface area contributed by atoms with Crippen LogP contribution < -0.4 is 11.1 Å². The molecular formula is C12H14N8O. The van der Waals surface area contributed by atoms with Crippen LogP contribution in [0.15, 0.2) is 30.9 Å². The molecule has 0 radical (unpaired) electrons. The number of fused-ring (bicyclic) bond motifs is 1. The normalized spacial score (nSPS) is 10.9. The molecule has 3 aromatic heterocycles. The molecule has 0 saturated heterocycles. The Balaban J connectivity index is 1.67. The van der Waals surface area contributed by atoms with Crippen LogP contribution in [0.25, 0.3) is 5.78 Å². The number of rotatable bonds is 5. The molecule has 21 heavy (non-hydrogen) atoms. The molecule has 0 aliphatic carbocycles. The van der Waals surface area contributed by atoms with E-state index in [0.29, 0.717) is 24.6 Å². The van der Waals surface area contributed by atoms with Crippen LogP contribution in [0.2, 0.25) is 0 Å². The Kier molecular flexibility index (Phi) is 3.56. The van der Waals surface area contributed by atoms with Gasteiger partial charge in [0.15, 0.2) is 0 Å². The van der Waals surface area contributed by atoms with Gasteiger partial charge in [-0.1, -0.05) is 5.21 Å². The maximum absolute atomic E-state index is 11.1. The van der Waals surface area contributed by atoms with Crippen LogP contribution in [0.4, 0.5) is 0 Å². The lowest BCUT2D eigenvalue weighted by Crippen LogP contribution is -2.29. The van der Waals surface area contributed by atoms with Crippen LogP contribution in [-0.4, -0.2) is 41.8 Å². The molecule has 108 valence electrons. The lowest BCUT2D eigenvalue weighted by molar-refractivity contribution is -0.119. The SMILES string of the molecule is NCC(=O)NCc1cn(Cc2cn3cccnc3n2)nn1. The van der Waals surface area contributed by atoms with Crippen molar-refractivity contribution in [3.63, 3.8) is 0 Å². The van der Waals surface area contributed by atoms with Gasteiger partial charge < -0.3 is 11.1 Å². The topological polar surface area (TPSA) is 116 Å². The molecule has 3 N–H and O–H groups in total. The summed E-state index contributed by atoms with van der Waals surface area (Å²) in [7, 11) is 0. The molecule has 3 rings (SSSR count). The third-order valence-electron chi connectivity index (χ3n) is 2.85. The average molecular weight is 286 g/mol. The Morgan fingerprint density at radius 1 is 1.33 bits per heavy atom. The van der Waals surface area contributed by atoms with Crippen molar-refractivity contribution in [2.45, 2.75) is 13.1 Å². The second-order valence-electron chi connectivity index (χ2n) is 4.45. The fraction of sp³-hybridized carbons (Fsp3) is 0.250. The van der Waals surface area contributed by atoms with E-state index in [4.69, 9.17) is 5.73 Å². The van der Waals surface area contributed by atoms with Gasteiger partial charge in [-0.3, -0.25) is 9.20 Å². The summed E-state index contributed by atoms with van der Waals surface area (Å²) >= 11 is 0. The number of nitrogens with zero attached hydrogens (tertiary/aromatic N) is 6. The van der Waals surface area contributed by atoms with E-state index < -0.39 is 0 Å². The minimum absolute atomic E-state index is 0.0393. The standard InChI is InChI=1S/C12H14N8O/c13-4-11(21)15-5-9-7-20(18-17-9)8-10-6-19-3-1-2-14-12(19)16-10/h1-3,6-7H,4-5,8,13H2,(H,15,21). The van der Waals surface area contributed by atoms with E-state index in [9.17, 15) is 4.79 Å². The van der Waals surface area contributed by atoms with Gasteiger partial charge in [0.05, 0.1) is 31.5 Å². The molecule has 0 aromatic carbocycles. The van der Waals surface area contributed by atoms with Gasteiger partial charge in [-0.2, -0.15) is 0 Å². The molecule has 0 fully saturated rings. The zero-order valence-corrected chi connectivity index (χ0v) is 11.2. The molecule has 1 amide bonds. The summed E-state index contributed by atoms with van der Waals surface area (Å²) < 4.78 is 3.50. The van der Waals surface area contributed by atoms with E-state index in [2.05, 4.69) is 25.6 Å². The van der Waals surface area contributed by atoms with Crippen LogP contribution in [0.1, 0.15) is 11.4 Å². The van der Waals surface area contributed by atoms with Gasteiger partial charge >= 0.3 is 0 Å². The first kappa shape index (κ1) is 13.2. The van der Waals surface area contributed by atoms with Crippen molar-refractivity contribution >= 4 is 11.7 Å². The lowest BCUT2D eigenvalue weighted by Gasteiger charge is -1.98. The number of amides is 1. The van der Waals surface area contributed by atoms with E-state index in [-0.39, 0.29) is 12.5 Å². The molecule has 0 saturated carbocycles. The van der Waals surface area contributed by atoms with Gasteiger partial charge in [0.25, 0.3) is 0 Å². The Labute approximate surface area is 119 Å². The first-order chi connectivity index (χ1) is 10.2. The van der Waals surface area contributed by atoms with Crippen LogP contribution in [0.3, 0.4) is 0 Å². The summed E-state index contributed by atoms with van der Waals surface area (Å²) in [6, 6.07) is 1.84. The number of carbonyl (C=O) groups excluding carboxylic acids is 1. The first-order valence-corrected chi connectivity index (χ1v) is 6.39. The quantitative estimate of drug-likeness (QED) is 0.618. The predicted octanol–water partition coefficient (Wildman–Crippen LogP) is -1.06. The van der Waals surface area contributed by atoms with Gasteiger partial charge in [0.2, 0.25) is 11.7 Å². The summed E-state index contributed by atoms with van der Waals surface area (Å²) in [5.74, 6) is 0.416. The Morgan fingerprint density at radius 3 is 3.05 bits per heavy atom. The molecule has 9 nitrogen and oxygen atoms in total. The Morgan fingerprint density at radius 2 is 2.24 bits per heavy atom.